The summed E-state index contributed by atoms with van der Waals surface area (Å²) in [5.74, 6) is -1.35. The molecule has 0 unspecified atom stereocenters. The Hall–Kier alpha value is -5.28. The predicted octanol–water partition coefficient (Wildman–Crippen LogP) is 6.64. The fraction of sp³-hybridized carbons (Fsp3) is 0.188. The monoisotopic (exact) mass is 604 g/mol. The molecule has 0 saturated heterocycles. The smallest absolute Gasteiger partial charge is 0.416 e. The van der Waals surface area contributed by atoms with Gasteiger partial charge in [0, 0.05) is 37.3 Å². The Morgan fingerprint density at radius 2 is 1.82 bits per heavy atom. The lowest BCUT2D eigenvalue weighted by atomic mass is 9.99. The number of rotatable bonds is 10. The van der Waals surface area contributed by atoms with E-state index in [1.165, 1.54) is 61.7 Å². The minimum absolute atomic E-state index is 0.0302. The standard InChI is InChI=1S/C32H24F4N4O4/c1-43-12-11-40-28-15-22(31(41)42)9-10-27(28)38-29(40)16-20-7-8-21(14-24(20)32(34,35)36)26-3-2-4-30(39-26)44-18-23-6-5-19(17-37)13-25(23)33/h2-10,13-15H,11-12,16,18H2,1H3,(H,41,42). The number of aromatic nitrogens is 3. The third kappa shape index (κ3) is 6.53. The molecule has 0 aliphatic carbocycles. The highest BCUT2D eigenvalue weighted by molar-refractivity contribution is 5.92. The minimum Gasteiger partial charge on any atom is -0.478 e. The zero-order valence-corrected chi connectivity index (χ0v) is 23.2. The number of aromatic carboxylic acids is 1. The van der Waals surface area contributed by atoms with Gasteiger partial charge in [-0.2, -0.15) is 18.4 Å². The highest BCUT2D eigenvalue weighted by Gasteiger charge is 2.34. The Bertz CT molecular complexity index is 1900. The van der Waals surface area contributed by atoms with E-state index in [1.807, 2.05) is 6.07 Å². The van der Waals surface area contributed by atoms with Crippen molar-refractivity contribution in [2.75, 3.05) is 13.7 Å². The van der Waals surface area contributed by atoms with Gasteiger partial charge in [0.15, 0.2) is 0 Å². The number of imidazole rings is 1. The zero-order valence-electron chi connectivity index (χ0n) is 23.2. The molecule has 0 atom stereocenters. The van der Waals surface area contributed by atoms with Gasteiger partial charge in [-0.3, -0.25) is 0 Å². The number of ether oxygens (including phenoxy) is 2. The summed E-state index contributed by atoms with van der Waals surface area (Å²) in [6.07, 6.45) is -4.88. The molecule has 2 aromatic heterocycles. The molecule has 8 nitrogen and oxygen atoms in total. The molecule has 0 fully saturated rings. The lowest BCUT2D eigenvalue weighted by Crippen LogP contribution is -2.13. The number of hydrogen-bond acceptors (Lipinski definition) is 6. The molecular formula is C32H24F4N4O4. The first-order valence-electron chi connectivity index (χ1n) is 13.3. The van der Waals surface area contributed by atoms with Crippen LogP contribution in [-0.2, 0) is 30.5 Å². The highest BCUT2D eigenvalue weighted by atomic mass is 19.4. The maximum atomic E-state index is 14.4. The van der Waals surface area contributed by atoms with Gasteiger partial charge < -0.3 is 19.1 Å². The number of hydrogen-bond donors (Lipinski definition) is 1. The number of nitriles is 1. The summed E-state index contributed by atoms with van der Waals surface area (Å²) in [4.78, 5) is 20.3. The molecule has 5 rings (SSSR count). The number of carbonyl (C=O) groups is 1. The van der Waals surface area contributed by atoms with Crippen LogP contribution >= 0.6 is 0 Å². The van der Waals surface area contributed by atoms with Crippen molar-refractivity contribution in [2.24, 2.45) is 0 Å². The topological polar surface area (TPSA) is 110 Å². The van der Waals surface area contributed by atoms with Crippen molar-refractivity contribution in [2.45, 2.75) is 25.7 Å². The van der Waals surface area contributed by atoms with Crippen LogP contribution in [0.25, 0.3) is 22.3 Å². The van der Waals surface area contributed by atoms with Crippen LogP contribution in [-0.4, -0.2) is 39.3 Å². The second kappa shape index (κ2) is 12.5. The van der Waals surface area contributed by atoms with Crippen LogP contribution in [0.4, 0.5) is 17.6 Å². The van der Waals surface area contributed by atoms with Gasteiger partial charge in [0.2, 0.25) is 5.88 Å². The van der Waals surface area contributed by atoms with Crippen molar-refractivity contribution in [3.05, 3.63) is 112 Å². The Labute approximate surface area is 248 Å². The number of nitrogens with zero attached hydrogens (tertiary/aromatic N) is 4. The molecule has 44 heavy (non-hydrogen) atoms. The molecule has 3 aromatic carbocycles. The molecule has 0 aliphatic rings. The lowest BCUT2D eigenvalue weighted by Gasteiger charge is -2.16. The lowest BCUT2D eigenvalue weighted by molar-refractivity contribution is -0.138. The highest BCUT2D eigenvalue weighted by Crippen LogP contribution is 2.36. The molecule has 2 heterocycles. The van der Waals surface area contributed by atoms with Gasteiger partial charge in [0.25, 0.3) is 0 Å². The number of halogens is 4. The molecule has 0 bridgehead atoms. The van der Waals surface area contributed by atoms with E-state index < -0.39 is 23.5 Å². The quantitative estimate of drug-likeness (QED) is 0.178. The van der Waals surface area contributed by atoms with Crippen LogP contribution in [0.5, 0.6) is 5.88 Å². The zero-order chi connectivity index (χ0) is 31.4. The van der Waals surface area contributed by atoms with Crippen molar-refractivity contribution in [1.82, 2.24) is 14.5 Å². The largest absolute Gasteiger partial charge is 0.478 e. The van der Waals surface area contributed by atoms with Gasteiger partial charge in [0.05, 0.1) is 46.1 Å². The summed E-state index contributed by atoms with van der Waals surface area (Å²) in [5.41, 5.74) is 0.812. The Balaban J connectivity index is 1.45. The summed E-state index contributed by atoms with van der Waals surface area (Å²) in [7, 11) is 1.49. The normalized spacial score (nSPS) is 11.5. The fourth-order valence-corrected chi connectivity index (χ4v) is 4.74. The summed E-state index contributed by atoms with van der Waals surface area (Å²) < 4.78 is 69.7. The van der Waals surface area contributed by atoms with E-state index in [4.69, 9.17) is 14.7 Å². The van der Waals surface area contributed by atoms with Crippen LogP contribution in [0.15, 0.2) is 72.8 Å². The molecule has 0 saturated carbocycles. The number of alkyl halides is 3. The molecular weight excluding hydrogens is 580 g/mol. The SMILES string of the molecule is COCCn1c(Cc2ccc(-c3cccc(OCc4ccc(C#N)cc4F)n3)cc2C(F)(F)F)nc2ccc(C(=O)O)cc21. The first-order valence-corrected chi connectivity index (χ1v) is 13.3. The van der Waals surface area contributed by atoms with Gasteiger partial charge in [-0.1, -0.05) is 24.3 Å². The number of pyridine rings is 1. The Morgan fingerprint density at radius 1 is 1.02 bits per heavy atom. The van der Waals surface area contributed by atoms with Crippen molar-refractivity contribution < 1.29 is 36.9 Å². The Kier molecular flexibility index (Phi) is 8.59. The van der Waals surface area contributed by atoms with Crippen molar-refractivity contribution in [3.8, 4) is 23.2 Å². The average Bonchev–Trinajstić information content (AvgIpc) is 3.34. The van der Waals surface area contributed by atoms with E-state index in [9.17, 15) is 27.5 Å². The van der Waals surface area contributed by atoms with E-state index >= 15 is 0 Å². The minimum atomic E-state index is -4.70. The second-order valence-electron chi connectivity index (χ2n) is 9.80. The van der Waals surface area contributed by atoms with Gasteiger partial charge in [-0.25, -0.2) is 19.2 Å². The summed E-state index contributed by atoms with van der Waals surface area (Å²) in [5, 5.41) is 18.3. The third-order valence-corrected chi connectivity index (χ3v) is 6.93. The number of methoxy groups -OCH3 is 1. The van der Waals surface area contributed by atoms with Crippen LogP contribution in [0.3, 0.4) is 0 Å². The molecule has 12 heteroatoms. The number of carboxylic acids is 1. The molecule has 224 valence electrons. The van der Waals surface area contributed by atoms with Crippen LogP contribution in [0, 0.1) is 17.1 Å². The van der Waals surface area contributed by atoms with E-state index in [0.29, 0.717) is 16.9 Å². The van der Waals surface area contributed by atoms with Gasteiger partial charge in [-0.05, 0) is 48.0 Å². The van der Waals surface area contributed by atoms with Gasteiger partial charge in [0.1, 0.15) is 18.2 Å². The van der Waals surface area contributed by atoms with E-state index in [0.717, 1.165) is 12.1 Å². The van der Waals surface area contributed by atoms with E-state index in [-0.39, 0.29) is 65.6 Å². The van der Waals surface area contributed by atoms with E-state index in [1.54, 1.807) is 10.6 Å². The summed E-state index contributed by atoms with van der Waals surface area (Å²) in [6, 6.07) is 18.6. The van der Waals surface area contributed by atoms with Crippen molar-refractivity contribution in [1.29, 1.82) is 5.26 Å². The predicted molar refractivity (Wildman–Crippen MR) is 151 cm³/mol. The second-order valence-corrected chi connectivity index (χ2v) is 9.80. The number of benzene rings is 3. The summed E-state index contributed by atoms with van der Waals surface area (Å²) >= 11 is 0. The fourth-order valence-electron chi connectivity index (χ4n) is 4.74. The number of carboxylic acid groups (broad SMARTS) is 1. The van der Waals surface area contributed by atoms with Crippen LogP contribution < -0.4 is 4.74 Å². The molecule has 0 amide bonds. The average molecular weight is 605 g/mol. The first kappa shape index (κ1) is 30.2. The van der Waals surface area contributed by atoms with Gasteiger partial charge in [-0.15, -0.1) is 0 Å². The maximum absolute atomic E-state index is 14.4. The maximum Gasteiger partial charge on any atom is 0.416 e. The molecule has 5 aromatic rings. The van der Waals surface area contributed by atoms with Crippen molar-refractivity contribution >= 4 is 17.0 Å². The molecule has 0 aliphatic heterocycles. The molecule has 0 radical (unpaired) electrons. The molecule has 1 N–H and O–H groups in total. The first-order chi connectivity index (χ1) is 21.1. The molecule has 0 spiro atoms. The Morgan fingerprint density at radius 3 is 2.52 bits per heavy atom. The van der Waals surface area contributed by atoms with Crippen LogP contribution in [0.1, 0.15) is 38.4 Å². The third-order valence-electron chi connectivity index (χ3n) is 6.93. The number of fused-ring (bicyclic) bond motifs is 1. The van der Waals surface area contributed by atoms with E-state index in [2.05, 4.69) is 9.97 Å². The summed E-state index contributed by atoms with van der Waals surface area (Å²) in [6.45, 7) is 0.301. The van der Waals surface area contributed by atoms with Gasteiger partial charge >= 0.3 is 12.1 Å². The van der Waals surface area contributed by atoms with Crippen LogP contribution in [0.2, 0.25) is 0 Å². The van der Waals surface area contributed by atoms with Crippen molar-refractivity contribution in [3.63, 3.8) is 0 Å².